The molecule has 156 valence electrons. The zero-order valence-corrected chi connectivity index (χ0v) is 16.9. The normalized spacial score (nSPS) is 22.8. The molecule has 0 spiro atoms. The van der Waals surface area contributed by atoms with Gasteiger partial charge in [0.1, 0.15) is 6.04 Å². The molecule has 2 amide bonds. The number of rotatable bonds is 4. The number of hydrogen-bond acceptors (Lipinski definition) is 5. The molecule has 1 unspecified atom stereocenters. The van der Waals surface area contributed by atoms with Gasteiger partial charge < -0.3 is 10.0 Å². The maximum atomic E-state index is 12.9. The number of fused-ring (bicyclic) bond motifs is 1. The smallest absolute Gasteiger partial charge is 0.329 e. The van der Waals surface area contributed by atoms with Crippen LogP contribution in [0.15, 0.2) is 23.0 Å². The van der Waals surface area contributed by atoms with Crippen molar-refractivity contribution in [3.63, 3.8) is 0 Å². The summed E-state index contributed by atoms with van der Waals surface area (Å²) in [6, 6.07) is 5.39. The minimum atomic E-state index is -0.654. The van der Waals surface area contributed by atoms with Crippen LogP contribution < -0.4 is 11.0 Å². The number of aliphatic hydroxyl groups excluding tert-OH is 1. The third-order valence-corrected chi connectivity index (χ3v) is 6.22. The Balaban J connectivity index is 1.61. The first kappa shape index (κ1) is 19.8. The molecule has 2 aliphatic rings. The Morgan fingerprint density at radius 2 is 1.86 bits per heavy atom. The van der Waals surface area contributed by atoms with Crippen LogP contribution in [0.1, 0.15) is 50.1 Å². The lowest BCUT2D eigenvalue weighted by atomic mass is 9.89. The lowest BCUT2D eigenvalue weighted by Gasteiger charge is -2.32. The number of carbonyl (C=O) groups excluding carboxylic acids is 2. The number of aliphatic hydroxyl groups is 1. The van der Waals surface area contributed by atoms with Crippen molar-refractivity contribution in [1.82, 2.24) is 19.4 Å². The van der Waals surface area contributed by atoms with E-state index in [4.69, 9.17) is 0 Å². The largest absolute Gasteiger partial charge is 0.392 e. The molecule has 3 heterocycles. The second-order valence-corrected chi connectivity index (χ2v) is 8.35. The van der Waals surface area contributed by atoms with Crippen molar-refractivity contribution < 1.29 is 14.7 Å². The molecular formula is C21H28N4O4. The Hall–Kier alpha value is -2.45. The fraction of sp³-hybridized carbons (Fsp3) is 0.571. The molecule has 29 heavy (non-hydrogen) atoms. The van der Waals surface area contributed by atoms with Crippen LogP contribution >= 0.6 is 0 Å². The molecule has 8 nitrogen and oxygen atoms in total. The van der Waals surface area contributed by atoms with E-state index in [1.54, 1.807) is 11.6 Å². The lowest BCUT2D eigenvalue weighted by Crippen LogP contribution is -2.44. The maximum absolute atomic E-state index is 12.9. The van der Waals surface area contributed by atoms with Crippen LogP contribution in [0.3, 0.4) is 0 Å². The van der Waals surface area contributed by atoms with E-state index in [1.165, 1.54) is 10.1 Å². The van der Waals surface area contributed by atoms with Crippen molar-refractivity contribution in [3.05, 3.63) is 34.2 Å². The molecule has 8 heteroatoms. The summed E-state index contributed by atoms with van der Waals surface area (Å²) in [5.41, 5.74) is 2.49. The number of hydrogen-bond donors (Lipinski definition) is 2. The van der Waals surface area contributed by atoms with Crippen molar-refractivity contribution >= 4 is 22.8 Å². The van der Waals surface area contributed by atoms with E-state index in [0.29, 0.717) is 18.9 Å². The first-order valence-electron chi connectivity index (χ1n) is 10.3. The number of piperidine rings is 2. The van der Waals surface area contributed by atoms with Gasteiger partial charge in [-0.05, 0) is 62.9 Å². The molecular weight excluding hydrogens is 372 g/mol. The van der Waals surface area contributed by atoms with Gasteiger partial charge in [0.15, 0.2) is 0 Å². The molecule has 0 saturated carbocycles. The van der Waals surface area contributed by atoms with Gasteiger partial charge in [0.25, 0.3) is 0 Å². The molecule has 2 atom stereocenters. The molecule has 0 aliphatic carbocycles. The Bertz CT molecular complexity index is 998. The fourth-order valence-corrected chi connectivity index (χ4v) is 4.69. The predicted octanol–water partition coefficient (Wildman–Crippen LogP) is 0.878. The lowest BCUT2D eigenvalue weighted by molar-refractivity contribution is -0.135. The van der Waals surface area contributed by atoms with Gasteiger partial charge in [0.05, 0.1) is 17.1 Å². The van der Waals surface area contributed by atoms with Crippen LogP contribution in [0.25, 0.3) is 11.0 Å². The minimum Gasteiger partial charge on any atom is -0.392 e. The van der Waals surface area contributed by atoms with Gasteiger partial charge in [0.2, 0.25) is 11.8 Å². The second kappa shape index (κ2) is 7.76. The van der Waals surface area contributed by atoms with Gasteiger partial charge in [-0.25, -0.2) is 4.79 Å². The van der Waals surface area contributed by atoms with E-state index in [-0.39, 0.29) is 24.1 Å². The molecule has 4 rings (SSSR count). The third-order valence-electron chi connectivity index (χ3n) is 6.22. The average molecular weight is 400 g/mol. The first-order chi connectivity index (χ1) is 13.8. The number of β-amino-alcohol motifs (C(OH)–C–C–N with tert-alkyl or cyclic N) is 1. The molecule has 1 aromatic carbocycles. The van der Waals surface area contributed by atoms with Crippen molar-refractivity contribution in [2.75, 3.05) is 19.6 Å². The fourth-order valence-electron chi connectivity index (χ4n) is 4.69. The Morgan fingerprint density at radius 3 is 2.52 bits per heavy atom. The number of amides is 2. The molecule has 2 fully saturated rings. The molecule has 2 N–H and O–H groups in total. The van der Waals surface area contributed by atoms with Gasteiger partial charge in [-0.2, -0.15) is 0 Å². The van der Waals surface area contributed by atoms with Crippen molar-refractivity contribution in [2.24, 2.45) is 7.05 Å². The number of aromatic nitrogens is 2. The summed E-state index contributed by atoms with van der Waals surface area (Å²) in [5.74, 6) is -0.284. The van der Waals surface area contributed by atoms with Crippen LogP contribution in [0, 0.1) is 0 Å². The number of likely N-dealkylation sites (tertiary alicyclic amines) is 1. The summed E-state index contributed by atoms with van der Waals surface area (Å²) in [6.45, 7) is 4.41. The highest BCUT2D eigenvalue weighted by Crippen LogP contribution is 2.31. The zero-order valence-electron chi connectivity index (χ0n) is 16.9. The highest BCUT2D eigenvalue weighted by molar-refractivity contribution is 6.00. The number of aryl methyl sites for hydroxylation is 1. The van der Waals surface area contributed by atoms with Crippen LogP contribution in [-0.4, -0.2) is 56.7 Å². The monoisotopic (exact) mass is 400 g/mol. The molecule has 0 bridgehead atoms. The number of nitrogens with zero attached hydrogens (tertiary/aromatic N) is 3. The SMILES string of the molecule is C[C@H](O)CN1CCC(c2ccc3c(c2)n(C)c(=O)n3C2CCC(=O)NC2=O)CC1. The van der Waals surface area contributed by atoms with Gasteiger partial charge in [0, 0.05) is 20.0 Å². The summed E-state index contributed by atoms with van der Waals surface area (Å²) < 4.78 is 3.11. The van der Waals surface area contributed by atoms with E-state index >= 15 is 0 Å². The number of imidazole rings is 1. The third kappa shape index (κ3) is 3.74. The Kier molecular flexibility index (Phi) is 5.31. The molecule has 2 aliphatic heterocycles. The van der Waals surface area contributed by atoms with E-state index in [2.05, 4.69) is 22.3 Å². The Labute approximate surface area is 169 Å². The van der Waals surface area contributed by atoms with E-state index in [0.717, 1.165) is 37.0 Å². The molecule has 2 aromatic rings. The van der Waals surface area contributed by atoms with Gasteiger partial charge >= 0.3 is 5.69 Å². The van der Waals surface area contributed by atoms with Crippen LogP contribution in [-0.2, 0) is 16.6 Å². The van der Waals surface area contributed by atoms with Crippen LogP contribution in [0.2, 0.25) is 0 Å². The van der Waals surface area contributed by atoms with Crippen LogP contribution in [0.4, 0.5) is 0 Å². The number of benzene rings is 1. The summed E-state index contributed by atoms with van der Waals surface area (Å²) in [7, 11) is 1.72. The first-order valence-corrected chi connectivity index (χ1v) is 10.3. The minimum absolute atomic E-state index is 0.238. The summed E-state index contributed by atoms with van der Waals surface area (Å²) in [6.07, 6.45) is 2.29. The standard InChI is InChI=1S/C21H28N4O4/c1-13(26)12-24-9-7-14(8-10-24)15-3-4-16-18(11-15)23(2)21(29)25(16)17-5-6-19(27)22-20(17)28/h3-4,11,13-14,17,26H,5-10,12H2,1-2H3,(H,22,27,28)/t13-,17?/m0/s1. The maximum Gasteiger partial charge on any atom is 0.329 e. The number of carbonyl (C=O) groups is 2. The summed E-state index contributed by atoms with van der Waals surface area (Å²) in [5, 5.41) is 11.9. The summed E-state index contributed by atoms with van der Waals surface area (Å²) in [4.78, 5) is 38.9. The zero-order chi connectivity index (χ0) is 20.7. The summed E-state index contributed by atoms with van der Waals surface area (Å²) >= 11 is 0. The quantitative estimate of drug-likeness (QED) is 0.743. The van der Waals surface area contributed by atoms with Crippen molar-refractivity contribution in [2.45, 2.75) is 50.7 Å². The van der Waals surface area contributed by atoms with E-state index < -0.39 is 11.9 Å². The molecule has 1 aromatic heterocycles. The predicted molar refractivity (Wildman–Crippen MR) is 109 cm³/mol. The highest BCUT2D eigenvalue weighted by Gasteiger charge is 2.31. The number of imide groups is 1. The topological polar surface area (TPSA) is 96.6 Å². The molecule has 2 saturated heterocycles. The van der Waals surface area contributed by atoms with Gasteiger partial charge in [-0.15, -0.1) is 0 Å². The number of nitrogens with one attached hydrogen (secondary N) is 1. The average Bonchev–Trinajstić information content (AvgIpc) is 2.93. The van der Waals surface area contributed by atoms with Crippen molar-refractivity contribution in [3.8, 4) is 0 Å². The van der Waals surface area contributed by atoms with Crippen LogP contribution in [0.5, 0.6) is 0 Å². The Morgan fingerprint density at radius 1 is 1.14 bits per heavy atom. The second-order valence-electron chi connectivity index (χ2n) is 8.35. The van der Waals surface area contributed by atoms with Crippen molar-refractivity contribution in [1.29, 1.82) is 0 Å². The van der Waals surface area contributed by atoms with Gasteiger partial charge in [-0.1, -0.05) is 6.07 Å². The highest BCUT2D eigenvalue weighted by atomic mass is 16.3. The molecule has 0 radical (unpaired) electrons. The van der Waals surface area contributed by atoms with E-state index in [1.807, 2.05) is 13.0 Å². The van der Waals surface area contributed by atoms with Gasteiger partial charge in [-0.3, -0.25) is 24.0 Å². The van der Waals surface area contributed by atoms with E-state index in [9.17, 15) is 19.5 Å².